The van der Waals surface area contributed by atoms with Crippen LogP contribution < -0.4 is 4.74 Å². The number of benzene rings is 1. The number of hydrogen-bond donors (Lipinski definition) is 0. The fraction of sp³-hybridized carbons (Fsp3) is 0.222. The van der Waals surface area contributed by atoms with Crippen molar-refractivity contribution < 1.29 is 27.1 Å². The third kappa shape index (κ3) is 3.85. The van der Waals surface area contributed by atoms with E-state index in [2.05, 4.69) is 20.7 Å². The Kier molecular flexibility index (Phi) is 4.37. The molecule has 0 atom stereocenters. The summed E-state index contributed by atoms with van der Waals surface area (Å²) in [4.78, 5) is 10.9. The highest BCUT2D eigenvalue weighted by atomic mass is 79.9. The predicted molar refractivity (Wildman–Crippen MR) is 55.8 cm³/mol. The molecule has 0 aliphatic rings. The highest BCUT2D eigenvalue weighted by Gasteiger charge is 2.30. The summed E-state index contributed by atoms with van der Waals surface area (Å²) in [6.07, 6.45) is -4.64. The minimum absolute atomic E-state index is 0.128. The summed E-state index contributed by atoms with van der Waals surface area (Å²) in [5.74, 6) is -1.93. The van der Waals surface area contributed by atoms with E-state index >= 15 is 0 Å². The molecule has 0 amide bonds. The minimum atomic E-state index is -4.64. The Morgan fingerprint density at radius 1 is 1.41 bits per heavy atom. The molecule has 0 saturated carbocycles. The number of carbonyl (C=O) groups is 1. The van der Waals surface area contributed by atoms with Crippen molar-refractivity contribution in [1.82, 2.24) is 0 Å². The molecular weight excluding hydrogens is 331 g/mol. The van der Waals surface area contributed by atoms with Gasteiger partial charge in [0.1, 0.15) is 0 Å². The maximum atomic E-state index is 13.4. The average molecular weight is 335 g/mol. The monoisotopic (exact) mass is 334 g/mol. The van der Waals surface area contributed by atoms with E-state index in [1.165, 1.54) is 0 Å². The molecule has 1 aromatic carbocycles. The molecule has 0 aliphatic carbocycles. The second-order valence-electron chi connectivity index (χ2n) is 2.92. The molecule has 0 N–H and O–H groups in total. The number of halogens is 6. The molecule has 0 bridgehead atoms. The van der Waals surface area contributed by atoms with Gasteiger partial charge in [0.2, 0.25) is 0 Å². The van der Waals surface area contributed by atoms with Crippen LogP contribution in [-0.4, -0.2) is 18.0 Å². The molecule has 1 rings (SSSR count). The topological polar surface area (TPSA) is 26.3 Å². The van der Waals surface area contributed by atoms with Gasteiger partial charge in [0.15, 0.2) is 18.2 Å². The Hall–Kier alpha value is -0.820. The van der Waals surface area contributed by atoms with Crippen molar-refractivity contribution in [2.45, 2.75) is 6.18 Å². The van der Waals surface area contributed by atoms with E-state index in [-0.39, 0.29) is 4.47 Å². The summed E-state index contributed by atoms with van der Waals surface area (Å²) in [6.45, 7) is -1.71. The fourth-order valence-corrected chi connectivity index (χ4v) is 1.44. The maximum Gasteiger partial charge on any atom is 0.422 e. The molecule has 8 heteroatoms. The predicted octanol–water partition coefficient (Wildman–Crippen LogP) is 3.91. The van der Waals surface area contributed by atoms with Gasteiger partial charge >= 0.3 is 6.18 Å². The normalized spacial score (nSPS) is 11.4. The quantitative estimate of drug-likeness (QED) is 0.618. The van der Waals surface area contributed by atoms with Crippen LogP contribution in [0.4, 0.5) is 17.6 Å². The lowest BCUT2D eigenvalue weighted by Crippen LogP contribution is -2.20. The molecule has 94 valence electrons. The van der Waals surface area contributed by atoms with Crippen LogP contribution in [0.5, 0.6) is 5.75 Å². The van der Waals surface area contributed by atoms with Crippen LogP contribution in [0, 0.1) is 5.82 Å². The number of alkyl halides is 3. The third-order valence-corrected chi connectivity index (χ3v) is 2.46. The van der Waals surface area contributed by atoms with Crippen molar-refractivity contribution in [2.24, 2.45) is 0 Å². The second-order valence-corrected chi connectivity index (χ2v) is 4.11. The summed E-state index contributed by atoms with van der Waals surface area (Å²) in [5.41, 5.74) is -0.461. The van der Waals surface area contributed by atoms with Gasteiger partial charge in [-0.25, -0.2) is 4.39 Å². The average Bonchev–Trinajstić information content (AvgIpc) is 2.18. The van der Waals surface area contributed by atoms with Crippen LogP contribution in [0.15, 0.2) is 16.6 Å². The Morgan fingerprint density at radius 2 is 2.00 bits per heavy atom. The molecule has 0 fully saturated rings. The summed E-state index contributed by atoms with van der Waals surface area (Å²) in [5, 5.41) is -1.10. The van der Waals surface area contributed by atoms with Crippen molar-refractivity contribution in [3.63, 3.8) is 0 Å². The van der Waals surface area contributed by atoms with Crippen molar-refractivity contribution in [3.8, 4) is 5.75 Å². The molecule has 0 aromatic heterocycles. The summed E-state index contributed by atoms with van der Waals surface area (Å²) >= 11 is 7.86. The smallest absolute Gasteiger partial charge is 0.422 e. The Labute approximate surface area is 107 Å². The molecule has 0 spiro atoms. The maximum absolute atomic E-state index is 13.4. The van der Waals surface area contributed by atoms with Crippen LogP contribution in [0.25, 0.3) is 0 Å². The van der Waals surface area contributed by atoms with Gasteiger partial charge in [-0.2, -0.15) is 13.2 Å². The molecule has 0 aliphatic heterocycles. The van der Waals surface area contributed by atoms with Crippen LogP contribution in [0.2, 0.25) is 0 Å². The van der Waals surface area contributed by atoms with Gasteiger partial charge in [-0.1, -0.05) is 0 Å². The molecule has 0 heterocycles. The number of carbonyl (C=O) groups excluding carboxylic acids is 1. The van der Waals surface area contributed by atoms with E-state index in [1.54, 1.807) is 0 Å². The Balaban J connectivity index is 3.11. The van der Waals surface area contributed by atoms with Gasteiger partial charge < -0.3 is 4.74 Å². The highest BCUT2D eigenvalue weighted by molar-refractivity contribution is 9.10. The van der Waals surface area contributed by atoms with E-state index in [4.69, 9.17) is 11.6 Å². The number of hydrogen-bond acceptors (Lipinski definition) is 2. The largest absolute Gasteiger partial charge is 0.480 e. The third-order valence-electron chi connectivity index (χ3n) is 1.64. The minimum Gasteiger partial charge on any atom is -0.480 e. The first-order valence-electron chi connectivity index (χ1n) is 4.10. The SMILES string of the molecule is O=C(Cl)c1ccc(Br)c(F)c1OCC(F)(F)F. The van der Waals surface area contributed by atoms with Crippen LogP contribution >= 0.6 is 27.5 Å². The zero-order chi connectivity index (χ0) is 13.2. The van der Waals surface area contributed by atoms with Crippen LogP contribution in [-0.2, 0) is 0 Å². The van der Waals surface area contributed by atoms with Crippen molar-refractivity contribution in [2.75, 3.05) is 6.61 Å². The first-order valence-corrected chi connectivity index (χ1v) is 5.27. The zero-order valence-corrected chi connectivity index (χ0v) is 10.3. The molecule has 0 unspecified atom stereocenters. The lowest BCUT2D eigenvalue weighted by molar-refractivity contribution is -0.153. The number of ether oxygens (including phenoxy) is 1. The zero-order valence-electron chi connectivity index (χ0n) is 7.95. The number of rotatable bonds is 3. The van der Waals surface area contributed by atoms with E-state index in [0.717, 1.165) is 12.1 Å². The molecular formula is C9H4BrClF4O2. The van der Waals surface area contributed by atoms with Crippen molar-refractivity contribution in [1.29, 1.82) is 0 Å². The van der Waals surface area contributed by atoms with Gasteiger partial charge in [0, 0.05) is 0 Å². The molecule has 1 aromatic rings. The molecule has 17 heavy (non-hydrogen) atoms. The molecule has 0 saturated heterocycles. The summed E-state index contributed by atoms with van der Waals surface area (Å²) < 4.78 is 53.3. The van der Waals surface area contributed by atoms with E-state index in [0.29, 0.717) is 0 Å². The second kappa shape index (κ2) is 5.22. The standard InChI is InChI=1S/C9H4BrClF4O2/c10-5-2-1-4(8(11)16)7(6(5)12)17-3-9(13,14)15/h1-2H,3H2. The van der Waals surface area contributed by atoms with Crippen molar-refractivity contribution >= 4 is 32.8 Å². The van der Waals surface area contributed by atoms with Gasteiger partial charge in [-0.05, 0) is 39.7 Å². The van der Waals surface area contributed by atoms with E-state index in [1.807, 2.05) is 0 Å². The van der Waals surface area contributed by atoms with Crippen LogP contribution in [0.1, 0.15) is 10.4 Å². The fourth-order valence-electron chi connectivity index (χ4n) is 0.982. The van der Waals surface area contributed by atoms with Gasteiger partial charge in [0.05, 0.1) is 10.0 Å². The Bertz CT molecular complexity index is 447. The van der Waals surface area contributed by atoms with Gasteiger partial charge in [-0.3, -0.25) is 4.79 Å². The lowest BCUT2D eigenvalue weighted by Gasteiger charge is -2.12. The van der Waals surface area contributed by atoms with E-state index < -0.39 is 35.2 Å². The van der Waals surface area contributed by atoms with E-state index in [9.17, 15) is 22.4 Å². The molecule has 2 nitrogen and oxygen atoms in total. The van der Waals surface area contributed by atoms with Gasteiger partial charge in [0.25, 0.3) is 5.24 Å². The van der Waals surface area contributed by atoms with Gasteiger partial charge in [-0.15, -0.1) is 0 Å². The van der Waals surface area contributed by atoms with Crippen molar-refractivity contribution in [3.05, 3.63) is 28.0 Å². The highest BCUT2D eigenvalue weighted by Crippen LogP contribution is 2.31. The molecule has 0 radical (unpaired) electrons. The first-order chi connectivity index (χ1) is 7.72. The summed E-state index contributed by atoms with van der Waals surface area (Å²) in [6, 6.07) is 2.21. The van der Waals surface area contributed by atoms with Crippen LogP contribution in [0.3, 0.4) is 0 Å². The first kappa shape index (κ1) is 14.2. The summed E-state index contributed by atoms with van der Waals surface area (Å²) in [7, 11) is 0. The Morgan fingerprint density at radius 3 is 2.47 bits per heavy atom. The lowest BCUT2D eigenvalue weighted by atomic mass is 10.2.